The average molecular weight is 431 g/mol. The summed E-state index contributed by atoms with van der Waals surface area (Å²) in [7, 11) is 0. The van der Waals surface area contributed by atoms with Gasteiger partial charge in [-0.15, -0.1) is 0 Å². The van der Waals surface area contributed by atoms with Crippen molar-refractivity contribution in [3.63, 3.8) is 0 Å². The Hall–Kier alpha value is -3.29. The first-order chi connectivity index (χ1) is 15.7. The van der Waals surface area contributed by atoms with Crippen LogP contribution in [0.4, 0.5) is 0 Å². The van der Waals surface area contributed by atoms with Crippen molar-refractivity contribution in [2.45, 2.75) is 31.7 Å². The van der Waals surface area contributed by atoms with Crippen molar-refractivity contribution >= 4 is 5.91 Å². The fourth-order valence-electron chi connectivity index (χ4n) is 5.27. The number of aliphatic hydroxyl groups is 1. The van der Waals surface area contributed by atoms with Gasteiger partial charge in [0.2, 0.25) is 5.91 Å². The molecule has 0 radical (unpaired) electrons. The Labute approximate surface area is 186 Å². The van der Waals surface area contributed by atoms with Crippen LogP contribution in [0.25, 0.3) is 0 Å². The lowest BCUT2D eigenvalue weighted by molar-refractivity contribution is -0.127. The van der Waals surface area contributed by atoms with Crippen LogP contribution in [0.3, 0.4) is 0 Å². The second-order valence-corrected chi connectivity index (χ2v) is 8.48. The molecule has 0 spiro atoms. The maximum atomic E-state index is 13.5. The quantitative estimate of drug-likeness (QED) is 0.622. The van der Waals surface area contributed by atoms with Crippen LogP contribution in [-0.2, 0) is 24.4 Å². The second kappa shape index (κ2) is 8.68. The Bertz CT molecular complexity index is 1150. The van der Waals surface area contributed by atoms with Gasteiger partial charge in [0.05, 0.1) is 17.7 Å². The van der Waals surface area contributed by atoms with E-state index in [1.807, 2.05) is 54.6 Å². The molecule has 4 atom stereocenters. The molecular weight excluding hydrogens is 404 g/mol. The number of aliphatic hydroxyl groups excluding tert-OH is 1. The first kappa shape index (κ1) is 20.6. The molecule has 0 aliphatic carbocycles. The van der Waals surface area contributed by atoms with Gasteiger partial charge in [-0.1, -0.05) is 42.5 Å². The van der Waals surface area contributed by atoms with Gasteiger partial charge in [0.15, 0.2) is 0 Å². The summed E-state index contributed by atoms with van der Waals surface area (Å²) in [5.74, 6) is -0.845. The standard InChI is InChI=1S/C25H26N4O3/c30-16-19-21-15-28-20(10-6-11-22(28)31)24(29(21)14-18-9-4-5-12-26-18)23(19)25(32)27-13-17-7-2-1-3-8-17/h1-12,19,21,23-24,30H,13-16H2,(H,27,32)/t19-,21-,23+,24+/m0/s1. The van der Waals surface area contributed by atoms with Gasteiger partial charge in [-0.3, -0.25) is 19.5 Å². The van der Waals surface area contributed by atoms with E-state index < -0.39 is 5.92 Å². The summed E-state index contributed by atoms with van der Waals surface area (Å²) in [6, 6.07) is 20.3. The Balaban J connectivity index is 1.50. The van der Waals surface area contributed by atoms with E-state index in [0.717, 1.165) is 17.0 Å². The van der Waals surface area contributed by atoms with Crippen LogP contribution in [-0.4, -0.2) is 38.1 Å². The number of hydrogen-bond donors (Lipinski definition) is 2. The summed E-state index contributed by atoms with van der Waals surface area (Å²) in [4.78, 5) is 32.8. The molecule has 2 aromatic heterocycles. The van der Waals surface area contributed by atoms with Crippen LogP contribution in [0.15, 0.2) is 77.7 Å². The Morgan fingerprint density at radius 1 is 1.06 bits per heavy atom. The van der Waals surface area contributed by atoms with Gasteiger partial charge in [-0.25, -0.2) is 0 Å². The van der Waals surface area contributed by atoms with Crippen LogP contribution in [0.5, 0.6) is 0 Å². The molecule has 2 aliphatic rings. The summed E-state index contributed by atoms with van der Waals surface area (Å²) in [6.07, 6.45) is 1.76. The number of aromatic nitrogens is 2. The van der Waals surface area contributed by atoms with Crippen LogP contribution in [0.2, 0.25) is 0 Å². The fourth-order valence-corrected chi connectivity index (χ4v) is 5.27. The van der Waals surface area contributed by atoms with Crippen molar-refractivity contribution in [1.29, 1.82) is 0 Å². The zero-order valence-electron chi connectivity index (χ0n) is 17.7. The first-order valence-corrected chi connectivity index (χ1v) is 11.0. The third-order valence-electron chi connectivity index (χ3n) is 6.73. The van der Waals surface area contributed by atoms with Crippen molar-refractivity contribution in [1.82, 2.24) is 19.8 Å². The van der Waals surface area contributed by atoms with E-state index in [9.17, 15) is 14.7 Å². The Morgan fingerprint density at radius 2 is 1.88 bits per heavy atom. The number of fused-ring (bicyclic) bond motifs is 4. The molecule has 2 bridgehead atoms. The number of rotatable bonds is 6. The highest BCUT2D eigenvalue weighted by Crippen LogP contribution is 2.48. The molecule has 7 nitrogen and oxygen atoms in total. The minimum absolute atomic E-state index is 0.0722. The lowest BCUT2D eigenvalue weighted by atomic mass is 9.86. The van der Waals surface area contributed by atoms with E-state index in [4.69, 9.17) is 0 Å². The van der Waals surface area contributed by atoms with Crippen LogP contribution in [0, 0.1) is 11.8 Å². The number of benzene rings is 1. The molecule has 2 aliphatic heterocycles. The van der Waals surface area contributed by atoms with E-state index in [1.54, 1.807) is 22.9 Å². The predicted octanol–water partition coefficient (Wildman–Crippen LogP) is 1.72. The summed E-state index contributed by atoms with van der Waals surface area (Å²) in [5.41, 5.74) is 2.66. The number of pyridine rings is 2. The normalized spacial score (nSPS) is 24.2. The zero-order valence-corrected chi connectivity index (χ0v) is 17.7. The Morgan fingerprint density at radius 3 is 2.62 bits per heavy atom. The monoisotopic (exact) mass is 430 g/mol. The highest BCUT2D eigenvalue weighted by atomic mass is 16.3. The van der Waals surface area contributed by atoms with E-state index in [1.165, 1.54) is 0 Å². The SMILES string of the molecule is O=C(NCc1ccccc1)[C@@H]1[C@@H](CO)[C@@H]2Cn3c(cccc3=O)[C@H]1N2Cc1ccccn1. The fraction of sp³-hybridized carbons (Fsp3) is 0.320. The lowest BCUT2D eigenvalue weighted by Crippen LogP contribution is -2.46. The lowest BCUT2D eigenvalue weighted by Gasteiger charge is -2.37. The van der Waals surface area contributed by atoms with Gasteiger partial charge in [0.25, 0.3) is 5.56 Å². The van der Waals surface area contributed by atoms with Gasteiger partial charge in [0, 0.05) is 56.2 Å². The maximum absolute atomic E-state index is 13.5. The largest absolute Gasteiger partial charge is 0.396 e. The molecular formula is C25H26N4O3. The van der Waals surface area contributed by atoms with E-state index in [0.29, 0.717) is 19.6 Å². The number of nitrogens with one attached hydrogen (secondary N) is 1. The topological polar surface area (TPSA) is 87.5 Å². The molecule has 1 aromatic carbocycles. The third-order valence-corrected chi connectivity index (χ3v) is 6.73. The Kier molecular flexibility index (Phi) is 5.59. The molecule has 1 fully saturated rings. The first-order valence-electron chi connectivity index (χ1n) is 11.0. The van der Waals surface area contributed by atoms with Crippen molar-refractivity contribution in [3.8, 4) is 0 Å². The molecule has 0 saturated carbocycles. The van der Waals surface area contributed by atoms with Gasteiger partial charge >= 0.3 is 0 Å². The van der Waals surface area contributed by atoms with E-state index >= 15 is 0 Å². The number of amides is 1. The average Bonchev–Trinajstić information content (AvgIpc) is 3.03. The molecule has 3 aromatic rings. The van der Waals surface area contributed by atoms with Crippen LogP contribution in [0.1, 0.15) is 23.0 Å². The third kappa shape index (κ3) is 3.63. The summed E-state index contributed by atoms with van der Waals surface area (Å²) in [5, 5.41) is 13.4. The molecule has 32 heavy (non-hydrogen) atoms. The van der Waals surface area contributed by atoms with Crippen molar-refractivity contribution in [3.05, 3.63) is 100 Å². The van der Waals surface area contributed by atoms with Gasteiger partial charge in [0.1, 0.15) is 0 Å². The minimum atomic E-state index is -0.465. The van der Waals surface area contributed by atoms with E-state index in [2.05, 4.69) is 15.2 Å². The smallest absolute Gasteiger partial charge is 0.250 e. The molecule has 4 heterocycles. The summed E-state index contributed by atoms with van der Waals surface area (Å²) < 4.78 is 1.76. The molecule has 2 N–H and O–H groups in total. The summed E-state index contributed by atoms with van der Waals surface area (Å²) in [6.45, 7) is 1.31. The second-order valence-electron chi connectivity index (χ2n) is 8.48. The maximum Gasteiger partial charge on any atom is 0.250 e. The number of carbonyl (C=O) groups is 1. The van der Waals surface area contributed by atoms with Gasteiger partial charge in [-0.2, -0.15) is 0 Å². The van der Waals surface area contributed by atoms with E-state index in [-0.39, 0.29) is 36.1 Å². The molecule has 164 valence electrons. The van der Waals surface area contributed by atoms with Gasteiger partial charge in [-0.05, 0) is 23.8 Å². The van der Waals surface area contributed by atoms with Crippen LogP contribution < -0.4 is 10.9 Å². The zero-order chi connectivity index (χ0) is 22.1. The molecule has 5 rings (SSSR count). The molecule has 1 amide bonds. The predicted molar refractivity (Wildman–Crippen MR) is 119 cm³/mol. The molecule has 0 unspecified atom stereocenters. The molecule has 1 saturated heterocycles. The number of carbonyl (C=O) groups excluding carboxylic acids is 1. The van der Waals surface area contributed by atoms with Gasteiger partial charge < -0.3 is 15.0 Å². The minimum Gasteiger partial charge on any atom is -0.396 e. The van der Waals surface area contributed by atoms with Crippen molar-refractivity contribution in [2.24, 2.45) is 11.8 Å². The van der Waals surface area contributed by atoms with Crippen molar-refractivity contribution < 1.29 is 9.90 Å². The highest BCUT2D eigenvalue weighted by molar-refractivity contribution is 5.80. The summed E-state index contributed by atoms with van der Waals surface area (Å²) >= 11 is 0. The highest BCUT2D eigenvalue weighted by Gasteiger charge is 2.55. The number of nitrogens with zero attached hydrogens (tertiary/aromatic N) is 3. The van der Waals surface area contributed by atoms with Crippen LogP contribution >= 0.6 is 0 Å². The molecule has 7 heteroatoms. The van der Waals surface area contributed by atoms with Crippen molar-refractivity contribution in [2.75, 3.05) is 6.61 Å². The number of hydrogen-bond acceptors (Lipinski definition) is 5.